The van der Waals surface area contributed by atoms with Crippen molar-refractivity contribution in [2.45, 2.75) is 232 Å². The van der Waals surface area contributed by atoms with Gasteiger partial charge < -0.3 is 28.5 Å². The monoisotopic (exact) mass is 1100 g/mol. The summed E-state index contributed by atoms with van der Waals surface area (Å²) in [6, 6.07) is 0. The number of esters is 2. The first-order valence-electron chi connectivity index (χ1n) is 31.0. The zero-order valence-corrected chi connectivity index (χ0v) is 50.7. The van der Waals surface area contributed by atoms with Crippen LogP contribution in [0.2, 0.25) is 0 Å². The molecule has 0 aliphatic carbocycles. The van der Waals surface area contributed by atoms with Crippen LogP contribution in [0.15, 0.2) is 146 Å². The number of aliphatic carboxylic acids is 1. The van der Waals surface area contributed by atoms with E-state index in [0.29, 0.717) is 17.4 Å². The molecule has 0 saturated heterocycles. The predicted octanol–water partition coefficient (Wildman–Crippen LogP) is 18.8. The minimum Gasteiger partial charge on any atom is -0.477 e. The molecule has 0 spiro atoms. The van der Waals surface area contributed by atoms with Crippen LogP contribution >= 0.6 is 0 Å². The summed E-state index contributed by atoms with van der Waals surface area (Å²) >= 11 is 0. The third kappa shape index (κ3) is 60.7. The predicted molar refractivity (Wildman–Crippen MR) is 336 cm³/mol. The second-order valence-corrected chi connectivity index (χ2v) is 21.2. The van der Waals surface area contributed by atoms with Gasteiger partial charge in [-0.2, -0.15) is 0 Å². The fraction of sp³-hybridized carbons (Fsp3) is 0.614. The Bertz CT molecular complexity index is 1800. The summed E-state index contributed by atoms with van der Waals surface area (Å²) in [4.78, 5) is 37.5. The molecule has 2 unspecified atom stereocenters. The van der Waals surface area contributed by atoms with Gasteiger partial charge in [-0.05, 0) is 116 Å². The Kier molecular flexibility index (Phi) is 55.7. The molecule has 0 bridgehead atoms. The molecule has 9 nitrogen and oxygen atoms in total. The van der Waals surface area contributed by atoms with Gasteiger partial charge in [-0.25, -0.2) is 4.79 Å². The number of likely N-dealkylation sites (N-methyl/N-ethyl adjacent to an activating group) is 1. The number of hydrogen-bond donors (Lipinski definition) is 1. The van der Waals surface area contributed by atoms with Gasteiger partial charge in [0.15, 0.2) is 6.10 Å². The molecule has 79 heavy (non-hydrogen) atoms. The number of ether oxygens (including phenoxy) is 4. The average molecular weight is 1100 g/mol. The van der Waals surface area contributed by atoms with E-state index < -0.39 is 24.3 Å². The highest BCUT2D eigenvalue weighted by atomic mass is 16.7. The third-order valence-electron chi connectivity index (χ3n) is 12.6. The molecule has 1 N–H and O–H groups in total. The van der Waals surface area contributed by atoms with Crippen molar-refractivity contribution in [2.24, 2.45) is 0 Å². The van der Waals surface area contributed by atoms with Gasteiger partial charge in [0, 0.05) is 12.8 Å². The molecule has 0 radical (unpaired) electrons. The number of hydrogen-bond acceptors (Lipinski definition) is 7. The maximum Gasteiger partial charge on any atom is 0.361 e. The van der Waals surface area contributed by atoms with Gasteiger partial charge in [0.2, 0.25) is 0 Å². The number of carbonyl (C=O) groups is 3. The van der Waals surface area contributed by atoms with Crippen LogP contribution in [0.4, 0.5) is 0 Å². The Morgan fingerprint density at radius 1 is 0.380 bits per heavy atom. The maximum absolute atomic E-state index is 12.9. The lowest BCUT2D eigenvalue weighted by atomic mass is 10.1. The van der Waals surface area contributed by atoms with Crippen LogP contribution in [0.3, 0.4) is 0 Å². The van der Waals surface area contributed by atoms with E-state index in [0.717, 1.165) is 135 Å². The quantitative estimate of drug-likeness (QED) is 0.0211. The summed E-state index contributed by atoms with van der Waals surface area (Å²) in [6.45, 7) is 4.61. The number of allylic oxidation sites excluding steroid dienone is 24. The van der Waals surface area contributed by atoms with Crippen molar-refractivity contribution in [1.29, 1.82) is 0 Å². The van der Waals surface area contributed by atoms with E-state index in [1.54, 1.807) is 0 Å². The molecule has 0 rings (SSSR count). The van der Waals surface area contributed by atoms with E-state index in [-0.39, 0.29) is 38.6 Å². The Balaban J connectivity index is 4.21. The van der Waals surface area contributed by atoms with Crippen molar-refractivity contribution >= 4 is 17.9 Å². The van der Waals surface area contributed by atoms with E-state index in [9.17, 15) is 19.5 Å². The first-order chi connectivity index (χ1) is 38.6. The molecule has 0 heterocycles. The van der Waals surface area contributed by atoms with Crippen LogP contribution in [0.5, 0.6) is 0 Å². The molecule has 9 heteroatoms. The molecule has 0 aromatic rings. The number of rotatable bonds is 55. The second kappa shape index (κ2) is 59.3. The van der Waals surface area contributed by atoms with E-state index in [4.69, 9.17) is 18.9 Å². The number of nitrogens with zero attached hydrogens (tertiary/aromatic N) is 1. The minimum atomic E-state index is -1.52. The molecular formula is C70H114NO8+. The van der Waals surface area contributed by atoms with Crippen LogP contribution in [0, 0.1) is 0 Å². The number of carbonyl (C=O) groups excluding carboxylic acids is 2. The van der Waals surface area contributed by atoms with Crippen LogP contribution in [-0.4, -0.2) is 87.4 Å². The van der Waals surface area contributed by atoms with Crippen LogP contribution in [-0.2, 0) is 33.3 Å². The largest absolute Gasteiger partial charge is 0.477 e. The van der Waals surface area contributed by atoms with Crippen LogP contribution in [0.25, 0.3) is 0 Å². The van der Waals surface area contributed by atoms with Crippen molar-refractivity contribution in [1.82, 2.24) is 0 Å². The zero-order valence-electron chi connectivity index (χ0n) is 50.7. The van der Waals surface area contributed by atoms with Crippen molar-refractivity contribution in [3.8, 4) is 0 Å². The standard InChI is InChI=1S/C70H113NO8/c1-6-8-10-12-14-16-18-20-22-24-25-26-27-28-29-30-31-32-33-34-35-36-37-38-39-40-41-42-43-45-47-49-51-53-55-57-59-61-68(73)79-66(65-78-70(69(74)75)76-63-62-71(3,4)5)64-77-67(72)60-58-56-54-52-50-48-46-44-23-21-19-17-15-13-11-9-7-2/h8-11,14-17,20-23,25-26,28-29,31-32,34-35,37-38,40-41,66,70H,6-7,12-13,18-19,24,27,30,33,36,39,42-65H2,1-5H3/p+1/b10-8-,11-9-,16-14-,17-15-,22-20-,23-21-,26-25-,29-28-,32-31-,35-34-,38-37-,41-40-. The van der Waals surface area contributed by atoms with Crippen LogP contribution in [0.1, 0.15) is 219 Å². The zero-order chi connectivity index (χ0) is 57.6. The Morgan fingerprint density at radius 3 is 1.01 bits per heavy atom. The summed E-state index contributed by atoms with van der Waals surface area (Å²) in [7, 11) is 5.95. The SMILES string of the molecule is CC/C=C\C/C=C\C/C=C\C/C=C\C/C=C\C/C=C\C/C=C\C/C=C\C/C=C\CCCCCCCCCCCC(=O)OC(COC(=O)CCCCCCCCC/C=C\C/C=C\C/C=C\CC)COC(OCC[N+](C)(C)C)C(=O)O. The van der Waals surface area contributed by atoms with Gasteiger partial charge in [0.25, 0.3) is 6.29 Å². The summed E-state index contributed by atoms with van der Waals surface area (Å²) in [6.07, 6.45) is 83.6. The first kappa shape index (κ1) is 74.2. The molecule has 2 atom stereocenters. The van der Waals surface area contributed by atoms with Gasteiger partial charge in [0.05, 0.1) is 34.4 Å². The van der Waals surface area contributed by atoms with E-state index >= 15 is 0 Å². The summed E-state index contributed by atoms with van der Waals surface area (Å²) in [5, 5.41) is 9.71. The van der Waals surface area contributed by atoms with E-state index in [1.807, 2.05) is 21.1 Å². The van der Waals surface area contributed by atoms with Crippen molar-refractivity contribution < 1.29 is 42.9 Å². The molecule has 0 amide bonds. The number of carboxylic acid groups (broad SMARTS) is 1. The molecule has 0 aromatic carbocycles. The lowest BCUT2D eigenvalue weighted by Crippen LogP contribution is -2.40. The molecule has 0 aliphatic rings. The highest BCUT2D eigenvalue weighted by Gasteiger charge is 2.25. The Hall–Kier alpha value is -4.83. The number of carboxylic acids is 1. The fourth-order valence-corrected chi connectivity index (χ4v) is 7.90. The summed E-state index contributed by atoms with van der Waals surface area (Å²) in [5.41, 5.74) is 0. The van der Waals surface area contributed by atoms with Gasteiger partial charge in [0.1, 0.15) is 13.2 Å². The van der Waals surface area contributed by atoms with Crippen molar-refractivity contribution in [2.75, 3.05) is 47.5 Å². The topological polar surface area (TPSA) is 108 Å². The molecule has 0 aromatic heterocycles. The lowest BCUT2D eigenvalue weighted by Gasteiger charge is -2.25. The smallest absolute Gasteiger partial charge is 0.361 e. The van der Waals surface area contributed by atoms with Crippen molar-refractivity contribution in [3.05, 3.63) is 146 Å². The molecule has 0 aliphatic heterocycles. The fourth-order valence-electron chi connectivity index (χ4n) is 7.90. The minimum absolute atomic E-state index is 0.177. The van der Waals surface area contributed by atoms with Gasteiger partial charge in [-0.15, -0.1) is 0 Å². The van der Waals surface area contributed by atoms with Crippen LogP contribution < -0.4 is 0 Å². The number of unbranched alkanes of at least 4 members (excludes halogenated alkanes) is 16. The van der Waals surface area contributed by atoms with Crippen molar-refractivity contribution in [3.63, 3.8) is 0 Å². The van der Waals surface area contributed by atoms with E-state index in [1.165, 1.54) is 51.4 Å². The first-order valence-corrected chi connectivity index (χ1v) is 31.0. The average Bonchev–Trinajstić information content (AvgIpc) is 3.42. The Morgan fingerprint density at radius 2 is 0.684 bits per heavy atom. The highest BCUT2D eigenvalue weighted by molar-refractivity contribution is 5.71. The van der Waals surface area contributed by atoms with Gasteiger partial charge in [-0.1, -0.05) is 237 Å². The Labute approximate surface area is 483 Å². The lowest BCUT2D eigenvalue weighted by molar-refractivity contribution is -0.870. The molecule has 0 saturated carbocycles. The third-order valence-corrected chi connectivity index (χ3v) is 12.6. The second-order valence-electron chi connectivity index (χ2n) is 21.2. The van der Waals surface area contributed by atoms with Gasteiger partial charge >= 0.3 is 17.9 Å². The van der Waals surface area contributed by atoms with Gasteiger partial charge in [-0.3, -0.25) is 9.59 Å². The highest BCUT2D eigenvalue weighted by Crippen LogP contribution is 2.15. The summed E-state index contributed by atoms with van der Waals surface area (Å²) < 4.78 is 22.9. The molecule has 0 fully saturated rings. The normalized spacial score (nSPS) is 13.8. The maximum atomic E-state index is 12.9. The molecule has 446 valence electrons. The van der Waals surface area contributed by atoms with E-state index in [2.05, 4.69) is 160 Å². The molecular weight excluding hydrogens is 983 g/mol. The summed E-state index contributed by atoms with van der Waals surface area (Å²) in [5.74, 6) is -2.04. The number of quaternary nitrogens is 1.